The van der Waals surface area contributed by atoms with E-state index < -0.39 is 11.6 Å². The SMILES string of the molecule is O=C(C[N+]12CCC(CC1)C(OC(=O)[C@](O)(c1ccccc1)C1CCCCC1)C2)Nc1cncnc1.[Br-]. The minimum absolute atomic E-state index is 0. The van der Waals surface area contributed by atoms with E-state index in [1.807, 2.05) is 30.3 Å². The number of nitrogens with one attached hydrogen (secondary N) is 1. The number of hydrogen-bond acceptors (Lipinski definition) is 6. The topological polar surface area (TPSA) is 101 Å². The second-order valence-corrected chi connectivity index (χ2v) is 10.6. The van der Waals surface area contributed by atoms with E-state index >= 15 is 0 Å². The molecule has 4 aliphatic rings. The van der Waals surface area contributed by atoms with E-state index in [0.717, 1.165) is 58.0 Å². The Morgan fingerprint density at radius 2 is 1.69 bits per heavy atom. The molecular weight excluding hydrogens is 524 g/mol. The van der Waals surface area contributed by atoms with Gasteiger partial charge in [0, 0.05) is 24.7 Å². The first-order valence-electron chi connectivity index (χ1n) is 12.9. The zero-order valence-corrected chi connectivity index (χ0v) is 22.1. The molecule has 1 unspecified atom stereocenters. The van der Waals surface area contributed by atoms with Gasteiger partial charge in [-0.25, -0.2) is 14.8 Å². The van der Waals surface area contributed by atoms with Crippen LogP contribution in [0.25, 0.3) is 0 Å². The predicted molar refractivity (Wildman–Crippen MR) is 130 cm³/mol. The maximum Gasteiger partial charge on any atom is 0.343 e. The molecular formula is C27H35BrN4O4. The highest BCUT2D eigenvalue weighted by Crippen LogP contribution is 2.42. The number of rotatable bonds is 7. The molecule has 1 aromatic carbocycles. The Labute approximate surface area is 222 Å². The van der Waals surface area contributed by atoms with Crippen molar-refractivity contribution < 1.29 is 40.9 Å². The number of carbonyl (C=O) groups excluding carboxylic acids is 2. The Morgan fingerprint density at radius 1 is 1.03 bits per heavy atom. The Bertz CT molecular complexity index is 1030. The molecule has 2 aromatic rings. The standard InChI is InChI=1S/C27H34N4O4.BrH/c32-25(30-23-15-28-19-29-16-23)18-31-13-11-20(12-14-31)24(17-31)35-26(33)27(34,21-7-3-1-4-8-21)22-9-5-2-6-10-22;/h1,3-4,7-8,15-16,19-20,22,24,34H,2,5-6,9-14,17-18H2;1H/t20?,24?,27-,31?;/m0./s1. The maximum absolute atomic E-state index is 13.7. The molecule has 1 aliphatic carbocycles. The van der Waals surface area contributed by atoms with Crippen LogP contribution in [0.4, 0.5) is 5.69 Å². The van der Waals surface area contributed by atoms with Crippen LogP contribution >= 0.6 is 0 Å². The number of ether oxygens (including phenoxy) is 1. The van der Waals surface area contributed by atoms with Crippen LogP contribution in [0.1, 0.15) is 50.5 Å². The Hall–Kier alpha value is -2.36. The highest BCUT2D eigenvalue weighted by Gasteiger charge is 2.52. The molecule has 0 spiro atoms. The average Bonchev–Trinajstić information content (AvgIpc) is 2.90. The highest BCUT2D eigenvalue weighted by atomic mass is 79.9. The monoisotopic (exact) mass is 558 g/mol. The van der Waals surface area contributed by atoms with Gasteiger partial charge >= 0.3 is 5.97 Å². The largest absolute Gasteiger partial charge is 1.00 e. The molecule has 4 heterocycles. The molecule has 9 heteroatoms. The van der Waals surface area contributed by atoms with Gasteiger partial charge in [0.15, 0.2) is 18.2 Å². The van der Waals surface area contributed by atoms with Gasteiger partial charge < -0.3 is 36.6 Å². The third-order valence-electron chi connectivity index (χ3n) is 8.34. The van der Waals surface area contributed by atoms with Gasteiger partial charge in [0.25, 0.3) is 5.91 Å². The van der Waals surface area contributed by atoms with Crippen LogP contribution < -0.4 is 22.3 Å². The third kappa shape index (κ3) is 5.48. The van der Waals surface area contributed by atoms with Crippen LogP contribution in [0, 0.1) is 11.8 Å². The van der Waals surface area contributed by atoms with Crippen molar-refractivity contribution in [1.29, 1.82) is 0 Å². The normalized spacial score (nSPS) is 27.4. The van der Waals surface area contributed by atoms with Crippen LogP contribution in [-0.4, -0.2) is 63.7 Å². The van der Waals surface area contributed by atoms with Crippen LogP contribution in [0.15, 0.2) is 49.1 Å². The van der Waals surface area contributed by atoms with Crippen LogP contribution in [0.3, 0.4) is 0 Å². The van der Waals surface area contributed by atoms with Crippen molar-refractivity contribution in [3.05, 3.63) is 54.6 Å². The average molecular weight is 560 g/mol. The van der Waals surface area contributed by atoms with Gasteiger partial charge in [0.1, 0.15) is 12.9 Å². The molecule has 1 aromatic heterocycles. The minimum Gasteiger partial charge on any atom is -1.00 e. The number of nitrogens with zero attached hydrogens (tertiary/aromatic N) is 3. The summed E-state index contributed by atoms with van der Waals surface area (Å²) in [7, 11) is 0. The summed E-state index contributed by atoms with van der Waals surface area (Å²) in [5.74, 6) is -0.489. The lowest BCUT2D eigenvalue weighted by molar-refractivity contribution is -0.939. The van der Waals surface area contributed by atoms with E-state index in [4.69, 9.17) is 4.74 Å². The number of amides is 1. The zero-order chi connectivity index (χ0) is 24.3. The number of hydrogen-bond donors (Lipinski definition) is 2. The summed E-state index contributed by atoms with van der Waals surface area (Å²) in [5.41, 5.74) is -0.444. The number of aliphatic hydroxyl groups is 1. The number of halogens is 1. The molecule has 194 valence electrons. The highest BCUT2D eigenvalue weighted by molar-refractivity contribution is 5.91. The van der Waals surface area contributed by atoms with Gasteiger partial charge in [-0.15, -0.1) is 0 Å². The molecule has 3 aliphatic heterocycles. The fourth-order valence-electron chi connectivity index (χ4n) is 6.41. The maximum atomic E-state index is 13.7. The smallest absolute Gasteiger partial charge is 0.343 e. The summed E-state index contributed by atoms with van der Waals surface area (Å²) in [6.45, 7) is 2.71. The molecule has 6 rings (SSSR count). The van der Waals surface area contributed by atoms with Crippen LogP contribution in [0.2, 0.25) is 0 Å². The number of aromatic nitrogens is 2. The summed E-state index contributed by atoms with van der Waals surface area (Å²) >= 11 is 0. The first kappa shape index (κ1) is 26.7. The number of benzene rings is 1. The minimum atomic E-state index is -1.64. The van der Waals surface area contributed by atoms with Crippen LogP contribution in [-0.2, 0) is 19.9 Å². The fourth-order valence-corrected chi connectivity index (χ4v) is 6.41. The number of carbonyl (C=O) groups is 2. The van der Waals surface area contributed by atoms with Gasteiger partial charge in [-0.05, 0) is 18.4 Å². The second kappa shape index (κ2) is 11.4. The summed E-state index contributed by atoms with van der Waals surface area (Å²) in [6.07, 6.45) is 10.9. The summed E-state index contributed by atoms with van der Waals surface area (Å²) in [5, 5.41) is 14.8. The Kier molecular flexibility index (Phi) is 8.42. The molecule has 0 radical (unpaired) electrons. The van der Waals surface area contributed by atoms with Crippen molar-refractivity contribution in [3.8, 4) is 0 Å². The van der Waals surface area contributed by atoms with Crippen molar-refractivity contribution in [1.82, 2.24) is 9.97 Å². The lowest BCUT2D eigenvalue weighted by Crippen LogP contribution is -3.00. The first-order chi connectivity index (χ1) is 17.0. The third-order valence-corrected chi connectivity index (χ3v) is 8.34. The summed E-state index contributed by atoms with van der Waals surface area (Å²) < 4.78 is 6.77. The molecule has 2 N–H and O–H groups in total. The van der Waals surface area contributed by atoms with Crippen molar-refractivity contribution in [2.75, 3.05) is 31.5 Å². The molecule has 8 nitrogen and oxygen atoms in total. The lowest BCUT2D eigenvalue weighted by Gasteiger charge is -2.52. The zero-order valence-electron chi connectivity index (χ0n) is 20.5. The van der Waals surface area contributed by atoms with Crippen molar-refractivity contribution in [2.45, 2.75) is 56.7 Å². The van der Waals surface area contributed by atoms with Crippen LogP contribution in [0.5, 0.6) is 0 Å². The van der Waals surface area contributed by atoms with Crippen molar-refractivity contribution >= 4 is 17.6 Å². The van der Waals surface area contributed by atoms with Crippen molar-refractivity contribution in [3.63, 3.8) is 0 Å². The van der Waals surface area contributed by atoms with Gasteiger partial charge in [0.2, 0.25) is 0 Å². The second-order valence-electron chi connectivity index (χ2n) is 10.6. The number of fused-ring (bicyclic) bond motifs is 3. The summed E-state index contributed by atoms with van der Waals surface area (Å²) in [6, 6.07) is 9.28. The first-order valence-corrected chi connectivity index (χ1v) is 12.9. The molecule has 1 saturated carbocycles. The van der Waals surface area contributed by atoms with Gasteiger partial charge in [-0.2, -0.15) is 0 Å². The molecule has 2 atom stereocenters. The number of anilines is 1. The van der Waals surface area contributed by atoms with E-state index in [1.165, 1.54) is 6.33 Å². The molecule has 3 saturated heterocycles. The van der Waals surface area contributed by atoms with Crippen molar-refractivity contribution in [2.24, 2.45) is 11.8 Å². The Morgan fingerprint density at radius 3 is 2.36 bits per heavy atom. The number of esters is 1. The number of quaternary nitrogens is 1. The van der Waals surface area contributed by atoms with E-state index in [2.05, 4.69) is 15.3 Å². The quantitative estimate of drug-likeness (QED) is 0.367. The van der Waals surface area contributed by atoms with E-state index in [0.29, 0.717) is 28.8 Å². The molecule has 2 bridgehead atoms. The molecule has 1 amide bonds. The lowest BCUT2D eigenvalue weighted by atomic mass is 9.73. The van der Waals surface area contributed by atoms with Gasteiger partial charge in [-0.3, -0.25) is 4.79 Å². The van der Waals surface area contributed by atoms with Gasteiger partial charge in [-0.1, -0.05) is 49.6 Å². The molecule has 4 fully saturated rings. The fraction of sp³-hybridized carbons (Fsp3) is 0.556. The summed E-state index contributed by atoms with van der Waals surface area (Å²) in [4.78, 5) is 34.4. The molecule has 36 heavy (non-hydrogen) atoms. The number of piperidine rings is 3. The Balaban J connectivity index is 0.00000304. The van der Waals surface area contributed by atoms with E-state index in [9.17, 15) is 14.7 Å². The van der Waals surface area contributed by atoms with Gasteiger partial charge in [0.05, 0.1) is 31.2 Å². The predicted octanol–water partition coefficient (Wildman–Crippen LogP) is 0.0394. The van der Waals surface area contributed by atoms with E-state index in [1.54, 1.807) is 12.4 Å². The van der Waals surface area contributed by atoms with E-state index in [-0.39, 0.29) is 40.8 Å².